The van der Waals surface area contributed by atoms with Crippen LogP contribution in [0.4, 0.5) is 4.79 Å². The Kier molecular flexibility index (Phi) is 6.78. The van der Waals surface area contributed by atoms with Crippen LogP contribution in [0.1, 0.15) is 17.5 Å². The SMILES string of the molecule is NC(=O)OC(Cc1ccccc1)CC(O)C(N)Cc1ccccc1. The largest absolute Gasteiger partial charge is 0.446 e. The quantitative estimate of drug-likeness (QED) is 0.690. The van der Waals surface area contributed by atoms with Crippen molar-refractivity contribution in [2.45, 2.75) is 37.5 Å². The van der Waals surface area contributed by atoms with Crippen molar-refractivity contribution in [3.8, 4) is 0 Å². The number of carbonyl (C=O) groups excluding carboxylic acids is 1. The van der Waals surface area contributed by atoms with Crippen LogP contribution in [0.2, 0.25) is 0 Å². The van der Waals surface area contributed by atoms with Crippen LogP contribution in [-0.4, -0.2) is 29.4 Å². The molecule has 0 bridgehead atoms. The third kappa shape index (κ3) is 6.02. The lowest BCUT2D eigenvalue weighted by Crippen LogP contribution is -2.40. The molecule has 0 saturated heterocycles. The van der Waals surface area contributed by atoms with Crippen LogP contribution >= 0.6 is 0 Å². The number of hydrogen-bond donors (Lipinski definition) is 3. The van der Waals surface area contributed by atoms with Gasteiger partial charge >= 0.3 is 6.09 Å². The van der Waals surface area contributed by atoms with Crippen LogP contribution in [0.15, 0.2) is 60.7 Å². The predicted octanol–water partition coefficient (Wildman–Crippen LogP) is 2.01. The Labute approximate surface area is 142 Å². The van der Waals surface area contributed by atoms with Gasteiger partial charge in [-0.1, -0.05) is 60.7 Å². The molecule has 1 amide bonds. The number of carbonyl (C=O) groups is 1. The van der Waals surface area contributed by atoms with Gasteiger partial charge in [-0.15, -0.1) is 0 Å². The molecule has 2 rings (SSSR count). The van der Waals surface area contributed by atoms with Crippen LogP contribution in [0, 0.1) is 0 Å². The third-order valence-electron chi connectivity index (χ3n) is 3.90. The number of hydrogen-bond acceptors (Lipinski definition) is 4. The molecule has 3 atom stereocenters. The highest BCUT2D eigenvalue weighted by molar-refractivity contribution is 5.64. The van der Waals surface area contributed by atoms with E-state index in [2.05, 4.69) is 0 Å². The van der Waals surface area contributed by atoms with Crippen molar-refractivity contribution in [1.82, 2.24) is 0 Å². The second-order valence-electron chi connectivity index (χ2n) is 5.91. The van der Waals surface area contributed by atoms with Gasteiger partial charge in [-0.2, -0.15) is 0 Å². The summed E-state index contributed by atoms with van der Waals surface area (Å²) in [6.45, 7) is 0. The number of nitrogens with two attached hydrogens (primary N) is 2. The Morgan fingerprint density at radius 2 is 1.46 bits per heavy atom. The lowest BCUT2D eigenvalue weighted by molar-refractivity contribution is 0.0486. The van der Waals surface area contributed by atoms with E-state index in [1.54, 1.807) is 0 Å². The molecule has 0 fully saturated rings. The van der Waals surface area contributed by atoms with Crippen LogP contribution < -0.4 is 11.5 Å². The van der Waals surface area contributed by atoms with E-state index in [-0.39, 0.29) is 6.42 Å². The van der Waals surface area contributed by atoms with Gasteiger partial charge in [0.25, 0.3) is 0 Å². The van der Waals surface area contributed by atoms with Crippen molar-refractivity contribution in [1.29, 1.82) is 0 Å². The molecule has 0 aliphatic heterocycles. The van der Waals surface area contributed by atoms with Gasteiger partial charge in [0.15, 0.2) is 0 Å². The average molecular weight is 328 g/mol. The summed E-state index contributed by atoms with van der Waals surface area (Å²) < 4.78 is 5.15. The lowest BCUT2D eigenvalue weighted by Gasteiger charge is -2.24. The number of benzene rings is 2. The highest BCUT2D eigenvalue weighted by atomic mass is 16.6. The fourth-order valence-corrected chi connectivity index (χ4v) is 2.68. The predicted molar refractivity (Wildman–Crippen MR) is 93.3 cm³/mol. The van der Waals surface area contributed by atoms with Crippen molar-refractivity contribution in [3.63, 3.8) is 0 Å². The third-order valence-corrected chi connectivity index (χ3v) is 3.90. The second-order valence-corrected chi connectivity index (χ2v) is 5.91. The van der Waals surface area contributed by atoms with Crippen LogP contribution in [0.3, 0.4) is 0 Å². The minimum absolute atomic E-state index is 0.242. The number of aliphatic hydroxyl groups excluding tert-OH is 1. The van der Waals surface area contributed by atoms with Crippen LogP contribution in [0.25, 0.3) is 0 Å². The van der Waals surface area contributed by atoms with Crippen molar-refractivity contribution < 1.29 is 14.6 Å². The van der Waals surface area contributed by atoms with Gasteiger partial charge in [0.2, 0.25) is 0 Å². The first kappa shape index (κ1) is 18.0. The molecule has 128 valence electrons. The molecule has 3 unspecified atom stereocenters. The zero-order chi connectivity index (χ0) is 17.4. The Balaban J connectivity index is 1.95. The maximum absolute atomic E-state index is 11.1. The molecule has 0 spiro atoms. The molecule has 5 nitrogen and oxygen atoms in total. The molecule has 5 heteroatoms. The van der Waals surface area contributed by atoms with E-state index in [0.29, 0.717) is 12.8 Å². The average Bonchev–Trinajstić information content (AvgIpc) is 2.56. The number of aliphatic hydroxyl groups is 1. The minimum Gasteiger partial charge on any atom is -0.446 e. The summed E-state index contributed by atoms with van der Waals surface area (Å²) in [4.78, 5) is 11.1. The fraction of sp³-hybridized carbons (Fsp3) is 0.316. The summed E-state index contributed by atoms with van der Waals surface area (Å²) in [6.07, 6.45) is -0.874. The van der Waals surface area contributed by atoms with Crippen molar-refractivity contribution in [2.24, 2.45) is 11.5 Å². The van der Waals surface area contributed by atoms with E-state index in [1.165, 1.54) is 0 Å². The van der Waals surface area contributed by atoms with E-state index in [9.17, 15) is 9.90 Å². The maximum atomic E-state index is 11.1. The lowest BCUT2D eigenvalue weighted by atomic mass is 9.95. The Hall–Kier alpha value is -2.37. The van der Waals surface area contributed by atoms with Gasteiger partial charge in [-0.25, -0.2) is 4.79 Å². The number of amides is 1. The minimum atomic E-state index is -0.847. The van der Waals surface area contributed by atoms with Crippen molar-refractivity contribution in [2.75, 3.05) is 0 Å². The molecule has 2 aromatic rings. The van der Waals surface area contributed by atoms with Gasteiger partial charge in [0, 0.05) is 18.9 Å². The Morgan fingerprint density at radius 1 is 0.958 bits per heavy atom. The van der Waals surface area contributed by atoms with Crippen LogP contribution in [0.5, 0.6) is 0 Å². The summed E-state index contributed by atoms with van der Waals surface area (Å²) in [5, 5.41) is 10.4. The zero-order valence-corrected chi connectivity index (χ0v) is 13.5. The monoisotopic (exact) mass is 328 g/mol. The number of ether oxygens (including phenoxy) is 1. The standard InChI is InChI=1S/C19H24N2O3/c20-17(12-15-9-5-2-6-10-15)18(22)13-16(24-19(21)23)11-14-7-3-1-4-8-14/h1-10,16-18,22H,11-13,20H2,(H2,21,23). The fourth-order valence-electron chi connectivity index (χ4n) is 2.68. The smallest absolute Gasteiger partial charge is 0.404 e. The van der Waals surface area contributed by atoms with Gasteiger partial charge in [-0.05, 0) is 17.5 Å². The maximum Gasteiger partial charge on any atom is 0.404 e. The van der Waals surface area contributed by atoms with Gasteiger partial charge in [-0.3, -0.25) is 0 Å². The normalized spacial score (nSPS) is 14.6. The molecular formula is C19H24N2O3. The van der Waals surface area contributed by atoms with E-state index in [1.807, 2.05) is 60.7 Å². The highest BCUT2D eigenvalue weighted by Crippen LogP contribution is 2.14. The first-order valence-electron chi connectivity index (χ1n) is 8.02. The molecule has 0 aromatic heterocycles. The molecule has 0 heterocycles. The summed E-state index contributed by atoms with van der Waals surface area (Å²) in [5.74, 6) is 0. The second kappa shape index (κ2) is 9.05. The Bertz CT molecular complexity index is 619. The highest BCUT2D eigenvalue weighted by Gasteiger charge is 2.23. The van der Waals surface area contributed by atoms with Gasteiger partial charge in [0.05, 0.1) is 6.10 Å². The Morgan fingerprint density at radius 3 is 1.96 bits per heavy atom. The molecule has 0 radical (unpaired) electrons. The summed E-state index contributed by atoms with van der Waals surface area (Å²) in [7, 11) is 0. The van der Waals surface area contributed by atoms with Crippen LogP contribution in [-0.2, 0) is 17.6 Å². The molecule has 0 saturated carbocycles. The molecule has 0 aliphatic rings. The summed E-state index contributed by atoms with van der Waals surface area (Å²) >= 11 is 0. The van der Waals surface area contributed by atoms with E-state index < -0.39 is 24.3 Å². The summed E-state index contributed by atoms with van der Waals surface area (Å²) in [5.41, 5.74) is 13.3. The molecule has 2 aromatic carbocycles. The van der Waals surface area contributed by atoms with E-state index in [4.69, 9.17) is 16.2 Å². The zero-order valence-electron chi connectivity index (χ0n) is 13.5. The van der Waals surface area contributed by atoms with E-state index >= 15 is 0 Å². The topological polar surface area (TPSA) is 98.6 Å². The van der Waals surface area contributed by atoms with E-state index in [0.717, 1.165) is 11.1 Å². The molecular weight excluding hydrogens is 304 g/mol. The molecule has 24 heavy (non-hydrogen) atoms. The summed E-state index contributed by atoms with van der Waals surface area (Å²) in [6, 6.07) is 18.9. The number of rotatable bonds is 8. The van der Waals surface area contributed by atoms with Gasteiger partial charge < -0.3 is 21.3 Å². The van der Waals surface area contributed by atoms with Crippen molar-refractivity contribution in [3.05, 3.63) is 71.8 Å². The van der Waals surface area contributed by atoms with Gasteiger partial charge in [0.1, 0.15) is 6.10 Å². The number of primary amides is 1. The first-order valence-corrected chi connectivity index (χ1v) is 8.02. The first-order chi connectivity index (χ1) is 11.5. The molecule has 5 N–H and O–H groups in total. The molecule has 0 aliphatic carbocycles. The van der Waals surface area contributed by atoms with Crippen molar-refractivity contribution >= 4 is 6.09 Å².